The number of aryl methyl sites for hydroxylation is 1. The molecule has 1 aromatic heterocycles. The highest BCUT2D eigenvalue weighted by Crippen LogP contribution is 2.30. The third-order valence-electron chi connectivity index (χ3n) is 3.66. The molecule has 0 fully saturated rings. The summed E-state index contributed by atoms with van der Waals surface area (Å²) in [4.78, 5) is 2.91. The molecule has 0 unspecified atom stereocenters. The summed E-state index contributed by atoms with van der Waals surface area (Å²) in [5.74, 6) is -0.187. The summed E-state index contributed by atoms with van der Waals surface area (Å²) in [5, 5.41) is 9.11. The predicted octanol–water partition coefficient (Wildman–Crippen LogP) is 3.29. The van der Waals surface area contributed by atoms with Gasteiger partial charge in [-0.15, -0.1) is 0 Å². The molecule has 3 nitrogen and oxygen atoms in total. The third kappa shape index (κ3) is 2.08. The first-order valence-corrected chi connectivity index (χ1v) is 6.57. The first-order valence-electron chi connectivity index (χ1n) is 6.16. The second-order valence-corrected chi connectivity index (χ2v) is 5.16. The number of aromatic amines is 1. The van der Waals surface area contributed by atoms with Crippen molar-refractivity contribution in [3.63, 3.8) is 0 Å². The maximum absolute atomic E-state index is 13.2. The summed E-state index contributed by atoms with van der Waals surface area (Å²) < 4.78 is 15.6. The van der Waals surface area contributed by atoms with E-state index in [2.05, 4.69) is 11.1 Å². The molecule has 5 heteroatoms. The van der Waals surface area contributed by atoms with Crippen LogP contribution in [0.2, 0.25) is 0 Å². The van der Waals surface area contributed by atoms with E-state index in [0.717, 1.165) is 30.4 Å². The van der Waals surface area contributed by atoms with Crippen molar-refractivity contribution >= 4 is 12.2 Å². The lowest BCUT2D eigenvalue weighted by Crippen LogP contribution is -2.20. The number of nitrogens with zero attached hydrogens (tertiary/aromatic N) is 2. The van der Waals surface area contributed by atoms with E-state index in [0.29, 0.717) is 10.5 Å². The summed E-state index contributed by atoms with van der Waals surface area (Å²) in [7, 11) is 0. The Morgan fingerprint density at radius 3 is 3.05 bits per heavy atom. The molecule has 1 aliphatic carbocycles. The van der Waals surface area contributed by atoms with Gasteiger partial charge in [-0.3, -0.25) is 0 Å². The maximum atomic E-state index is 13.2. The van der Waals surface area contributed by atoms with Crippen LogP contribution in [0.3, 0.4) is 0 Å². The van der Waals surface area contributed by atoms with E-state index < -0.39 is 0 Å². The fourth-order valence-electron chi connectivity index (χ4n) is 2.75. The molecule has 0 aliphatic heterocycles. The number of nitriles is 1. The Morgan fingerprint density at radius 1 is 1.42 bits per heavy atom. The lowest BCUT2D eigenvalue weighted by Gasteiger charge is -2.26. The van der Waals surface area contributed by atoms with E-state index in [1.165, 1.54) is 6.07 Å². The van der Waals surface area contributed by atoms with E-state index in [1.807, 2.05) is 10.6 Å². The number of imidazole rings is 1. The third-order valence-corrected chi connectivity index (χ3v) is 3.98. The number of benzene rings is 1. The number of rotatable bonds is 1. The van der Waals surface area contributed by atoms with Crippen LogP contribution in [0, 0.1) is 21.9 Å². The van der Waals surface area contributed by atoms with Gasteiger partial charge in [0.25, 0.3) is 0 Å². The zero-order valence-electron chi connectivity index (χ0n) is 10.2. The van der Waals surface area contributed by atoms with Gasteiger partial charge in [-0.25, -0.2) is 4.39 Å². The Morgan fingerprint density at radius 2 is 2.26 bits per heavy atom. The molecule has 96 valence electrons. The number of hydrogen-bond acceptors (Lipinski definition) is 2. The first kappa shape index (κ1) is 12.1. The van der Waals surface area contributed by atoms with Crippen LogP contribution < -0.4 is 0 Å². The van der Waals surface area contributed by atoms with Gasteiger partial charge in [0.1, 0.15) is 17.6 Å². The largest absolute Gasteiger partial charge is 0.336 e. The number of aromatic nitrogens is 2. The van der Waals surface area contributed by atoms with E-state index in [9.17, 15) is 4.39 Å². The van der Waals surface area contributed by atoms with Crippen molar-refractivity contribution in [3.05, 3.63) is 51.8 Å². The minimum atomic E-state index is -0.187. The molecule has 1 aliphatic rings. The van der Waals surface area contributed by atoms with Gasteiger partial charge in [-0.2, -0.15) is 5.26 Å². The van der Waals surface area contributed by atoms with Crippen LogP contribution in [0.15, 0.2) is 24.4 Å². The van der Waals surface area contributed by atoms with Crippen LogP contribution in [0.5, 0.6) is 0 Å². The van der Waals surface area contributed by atoms with Crippen molar-refractivity contribution in [2.45, 2.75) is 25.3 Å². The average molecular weight is 273 g/mol. The smallest absolute Gasteiger partial charge is 0.178 e. The molecule has 1 aromatic carbocycles. The summed E-state index contributed by atoms with van der Waals surface area (Å²) in [6, 6.07) is 7.25. The number of fused-ring (bicyclic) bond motifs is 1. The van der Waals surface area contributed by atoms with Crippen molar-refractivity contribution in [3.8, 4) is 6.07 Å². The van der Waals surface area contributed by atoms with Gasteiger partial charge in [0.2, 0.25) is 0 Å². The molecular weight excluding hydrogens is 261 g/mol. The monoisotopic (exact) mass is 273 g/mol. The highest BCUT2D eigenvalue weighted by Gasteiger charge is 2.22. The molecule has 1 N–H and O–H groups in total. The number of nitrogens with one attached hydrogen (secondary N) is 1. The van der Waals surface area contributed by atoms with Crippen LogP contribution in [-0.4, -0.2) is 9.55 Å². The molecule has 0 amide bonds. The van der Waals surface area contributed by atoms with Crippen molar-refractivity contribution in [1.82, 2.24) is 9.55 Å². The molecule has 0 saturated heterocycles. The summed E-state index contributed by atoms with van der Waals surface area (Å²) in [5.41, 5.74) is 2.77. The molecule has 0 bridgehead atoms. The van der Waals surface area contributed by atoms with Crippen LogP contribution in [0.25, 0.3) is 0 Å². The van der Waals surface area contributed by atoms with Gasteiger partial charge < -0.3 is 9.55 Å². The lowest BCUT2D eigenvalue weighted by atomic mass is 9.88. The summed E-state index contributed by atoms with van der Waals surface area (Å²) in [6.45, 7) is 0. The molecule has 2 aromatic rings. The fourth-order valence-corrected chi connectivity index (χ4v) is 3.06. The van der Waals surface area contributed by atoms with Crippen molar-refractivity contribution in [2.24, 2.45) is 0 Å². The Hall–Kier alpha value is -1.93. The standard InChI is InChI=1S/C14H12FN3S/c15-11-3-1-10-6-12(4-2-9(10)5-11)18-13(7-16)8-17-14(18)19/h1,3,5,8,12H,2,4,6H2,(H,17,19)/t12-/m0/s1. The Labute approximate surface area is 115 Å². The quantitative estimate of drug-likeness (QED) is 0.810. The zero-order valence-corrected chi connectivity index (χ0v) is 11.0. The maximum Gasteiger partial charge on any atom is 0.178 e. The SMILES string of the molecule is N#Cc1c[nH]c(=S)n1[C@H]1CCc2cc(F)ccc2C1. The zero-order chi connectivity index (χ0) is 13.4. The second kappa shape index (κ2) is 4.63. The number of halogens is 1. The van der Waals surface area contributed by atoms with E-state index >= 15 is 0 Å². The Bertz CT molecular complexity index is 723. The highest BCUT2D eigenvalue weighted by atomic mass is 32.1. The van der Waals surface area contributed by atoms with E-state index in [-0.39, 0.29) is 11.9 Å². The van der Waals surface area contributed by atoms with Crippen LogP contribution in [0.1, 0.15) is 29.3 Å². The predicted molar refractivity (Wildman–Crippen MR) is 71.8 cm³/mol. The molecule has 0 spiro atoms. The lowest BCUT2D eigenvalue weighted by molar-refractivity contribution is 0.434. The Kier molecular flexibility index (Phi) is 2.96. The van der Waals surface area contributed by atoms with E-state index in [4.69, 9.17) is 17.5 Å². The summed E-state index contributed by atoms with van der Waals surface area (Å²) >= 11 is 5.24. The second-order valence-electron chi connectivity index (χ2n) is 4.77. The first-order chi connectivity index (χ1) is 9.19. The van der Waals surface area contributed by atoms with Gasteiger partial charge in [-0.1, -0.05) is 6.07 Å². The summed E-state index contributed by atoms with van der Waals surface area (Å²) in [6.07, 6.45) is 4.12. The fraction of sp³-hybridized carbons (Fsp3) is 0.286. The molecular formula is C14H12FN3S. The normalized spacial score (nSPS) is 17.8. The van der Waals surface area contributed by atoms with Gasteiger partial charge in [-0.05, 0) is 54.7 Å². The molecule has 0 radical (unpaired) electrons. The van der Waals surface area contributed by atoms with Gasteiger partial charge >= 0.3 is 0 Å². The molecule has 1 atom stereocenters. The van der Waals surface area contributed by atoms with Crippen molar-refractivity contribution < 1.29 is 4.39 Å². The van der Waals surface area contributed by atoms with Crippen LogP contribution in [0.4, 0.5) is 4.39 Å². The molecule has 0 saturated carbocycles. The minimum absolute atomic E-state index is 0.173. The van der Waals surface area contributed by atoms with Crippen LogP contribution >= 0.6 is 12.2 Å². The highest BCUT2D eigenvalue weighted by molar-refractivity contribution is 7.71. The van der Waals surface area contributed by atoms with E-state index in [1.54, 1.807) is 12.3 Å². The van der Waals surface area contributed by atoms with Crippen molar-refractivity contribution in [1.29, 1.82) is 5.26 Å². The number of hydrogen-bond donors (Lipinski definition) is 1. The Balaban J connectivity index is 1.98. The van der Waals surface area contributed by atoms with Gasteiger partial charge in [0, 0.05) is 12.2 Å². The minimum Gasteiger partial charge on any atom is -0.336 e. The van der Waals surface area contributed by atoms with Crippen molar-refractivity contribution in [2.75, 3.05) is 0 Å². The number of H-pyrrole nitrogens is 1. The van der Waals surface area contributed by atoms with Gasteiger partial charge in [0.15, 0.2) is 4.77 Å². The molecule has 3 rings (SSSR count). The van der Waals surface area contributed by atoms with Crippen LogP contribution in [-0.2, 0) is 12.8 Å². The average Bonchev–Trinajstić information content (AvgIpc) is 2.79. The topological polar surface area (TPSA) is 44.5 Å². The molecule has 1 heterocycles. The molecule has 19 heavy (non-hydrogen) atoms. The van der Waals surface area contributed by atoms with Gasteiger partial charge in [0.05, 0.1) is 0 Å².